The average molecular weight is 174 g/mol. The lowest BCUT2D eigenvalue weighted by atomic mass is 10.1. The summed E-state index contributed by atoms with van der Waals surface area (Å²) in [6, 6.07) is 7.36. The van der Waals surface area contributed by atoms with Crippen LogP contribution in [0.1, 0.15) is 5.56 Å². The number of aromatic nitrogens is 1. The van der Waals surface area contributed by atoms with E-state index in [1.807, 2.05) is 12.1 Å². The molecule has 1 heterocycles. The molecule has 0 aliphatic heterocycles. The molecule has 0 saturated heterocycles. The normalized spacial score (nSPS) is 10.5. The van der Waals surface area contributed by atoms with Gasteiger partial charge in [-0.25, -0.2) is 0 Å². The van der Waals surface area contributed by atoms with Crippen molar-refractivity contribution in [1.29, 1.82) is 0 Å². The largest absolute Gasteiger partial charge is 0.397 e. The van der Waals surface area contributed by atoms with Gasteiger partial charge in [-0.3, -0.25) is 4.98 Å². The Hall–Kier alpha value is -1.61. The van der Waals surface area contributed by atoms with Crippen LogP contribution in [-0.4, -0.2) is 10.1 Å². The van der Waals surface area contributed by atoms with Crippen LogP contribution in [0.3, 0.4) is 0 Å². The Balaban J connectivity index is 2.84. The molecule has 13 heavy (non-hydrogen) atoms. The van der Waals surface area contributed by atoms with E-state index in [0.29, 0.717) is 5.69 Å². The number of nitrogens with two attached hydrogens (primary N) is 1. The highest BCUT2D eigenvalue weighted by molar-refractivity contribution is 5.91. The molecule has 2 rings (SSSR count). The molecule has 3 N–H and O–H groups in total. The summed E-state index contributed by atoms with van der Waals surface area (Å²) in [5, 5.41) is 9.98. The molecule has 3 nitrogen and oxygen atoms in total. The number of hydrogen-bond acceptors (Lipinski definition) is 3. The highest BCUT2D eigenvalue weighted by Gasteiger charge is 2.02. The second-order valence-corrected chi connectivity index (χ2v) is 2.87. The van der Waals surface area contributed by atoms with Crippen LogP contribution in [-0.2, 0) is 6.61 Å². The Labute approximate surface area is 75.8 Å². The number of aliphatic hydroxyl groups is 1. The number of rotatable bonds is 1. The molecule has 0 atom stereocenters. The maximum atomic E-state index is 9.06. The third kappa shape index (κ3) is 1.23. The maximum absolute atomic E-state index is 9.06. The number of nitrogen functional groups attached to an aromatic ring is 1. The summed E-state index contributed by atoms with van der Waals surface area (Å²) in [5.41, 5.74) is 8.00. The van der Waals surface area contributed by atoms with E-state index in [9.17, 15) is 0 Å². The number of aliphatic hydroxyl groups excluding tert-OH is 1. The summed E-state index contributed by atoms with van der Waals surface area (Å²) in [5.74, 6) is 0. The van der Waals surface area contributed by atoms with Gasteiger partial charge in [-0.05, 0) is 17.7 Å². The standard InChI is InChI=1S/C10H10N2O/c11-9-3-1-2-8-7(6-13)4-5-12-10(8)9/h1-5,13H,6,11H2. The first-order chi connectivity index (χ1) is 6.33. The monoisotopic (exact) mass is 174 g/mol. The lowest BCUT2D eigenvalue weighted by Crippen LogP contribution is -1.92. The highest BCUT2D eigenvalue weighted by atomic mass is 16.3. The lowest BCUT2D eigenvalue weighted by Gasteiger charge is -2.04. The smallest absolute Gasteiger partial charge is 0.0934 e. The Bertz CT molecular complexity index is 440. The summed E-state index contributed by atoms with van der Waals surface area (Å²) in [7, 11) is 0. The van der Waals surface area contributed by atoms with Gasteiger partial charge in [-0.15, -0.1) is 0 Å². The Morgan fingerprint density at radius 2 is 2.15 bits per heavy atom. The quantitative estimate of drug-likeness (QED) is 0.641. The van der Waals surface area contributed by atoms with Crippen molar-refractivity contribution >= 4 is 16.6 Å². The van der Waals surface area contributed by atoms with E-state index >= 15 is 0 Å². The molecule has 66 valence electrons. The topological polar surface area (TPSA) is 59.1 Å². The molecule has 0 aliphatic carbocycles. The molecule has 0 radical (unpaired) electrons. The molecule has 1 aromatic carbocycles. The SMILES string of the molecule is Nc1cccc2c(CO)ccnc12. The zero-order valence-corrected chi connectivity index (χ0v) is 7.07. The maximum Gasteiger partial charge on any atom is 0.0934 e. The van der Waals surface area contributed by atoms with Crippen LogP contribution in [0.5, 0.6) is 0 Å². The predicted octanol–water partition coefficient (Wildman–Crippen LogP) is 1.31. The fourth-order valence-electron chi connectivity index (χ4n) is 1.39. The van der Waals surface area contributed by atoms with Crippen molar-refractivity contribution in [1.82, 2.24) is 4.98 Å². The highest BCUT2D eigenvalue weighted by Crippen LogP contribution is 2.21. The minimum Gasteiger partial charge on any atom is -0.397 e. The molecule has 0 aliphatic rings. The van der Waals surface area contributed by atoms with Gasteiger partial charge in [0.15, 0.2) is 0 Å². The number of nitrogens with zero attached hydrogens (tertiary/aromatic N) is 1. The number of hydrogen-bond donors (Lipinski definition) is 2. The van der Waals surface area contributed by atoms with Gasteiger partial charge in [-0.2, -0.15) is 0 Å². The van der Waals surface area contributed by atoms with E-state index in [4.69, 9.17) is 10.8 Å². The van der Waals surface area contributed by atoms with Crippen molar-refractivity contribution < 1.29 is 5.11 Å². The number of fused-ring (bicyclic) bond motifs is 1. The van der Waals surface area contributed by atoms with E-state index in [0.717, 1.165) is 16.5 Å². The van der Waals surface area contributed by atoms with Crippen molar-refractivity contribution in [3.8, 4) is 0 Å². The second-order valence-electron chi connectivity index (χ2n) is 2.87. The second kappa shape index (κ2) is 3.03. The Kier molecular flexibility index (Phi) is 1.87. The van der Waals surface area contributed by atoms with Crippen LogP contribution in [0.25, 0.3) is 10.9 Å². The van der Waals surface area contributed by atoms with E-state index < -0.39 is 0 Å². The van der Waals surface area contributed by atoms with Gasteiger partial charge in [0.05, 0.1) is 17.8 Å². The first-order valence-corrected chi connectivity index (χ1v) is 4.06. The molecule has 3 heteroatoms. The Morgan fingerprint density at radius 3 is 2.92 bits per heavy atom. The van der Waals surface area contributed by atoms with Crippen molar-refractivity contribution in [2.75, 3.05) is 5.73 Å². The van der Waals surface area contributed by atoms with Crippen LogP contribution in [0.15, 0.2) is 30.5 Å². The summed E-state index contributed by atoms with van der Waals surface area (Å²) in [6.45, 7) is 0.0163. The summed E-state index contributed by atoms with van der Waals surface area (Å²) in [4.78, 5) is 4.15. The van der Waals surface area contributed by atoms with Gasteiger partial charge in [0.2, 0.25) is 0 Å². The molecular weight excluding hydrogens is 164 g/mol. The third-order valence-corrected chi connectivity index (χ3v) is 2.06. The molecule has 1 aromatic heterocycles. The van der Waals surface area contributed by atoms with Crippen molar-refractivity contribution in [3.05, 3.63) is 36.0 Å². The summed E-state index contributed by atoms with van der Waals surface area (Å²) in [6.07, 6.45) is 1.66. The first-order valence-electron chi connectivity index (χ1n) is 4.06. The van der Waals surface area contributed by atoms with E-state index in [2.05, 4.69) is 4.98 Å². The van der Waals surface area contributed by atoms with Crippen molar-refractivity contribution in [2.24, 2.45) is 0 Å². The fraction of sp³-hybridized carbons (Fsp3) is 0.100. The van der Waals surface area contributed by atoms with Crippen LogP contribution >= 0.6 is 0 Å². The molecular formula is C10H10N2O. The van der Waals surface area contributed by atoms with Gasteiger partial charge in [0.1, 0.15) is 0 Å². The van der Waals surface area contributed by atoms with Crippen LogP contribution < -0.4 is 5.73 Å². The van der Waals surface area contributed by atoms with Gasteiger partial charge in [0.25, 0.3) is 0 Å². The fourth-order valence-corrected chi connectivity index (χ4v) is 1.39. The number of para-hydroxylation sites is 1. The third-order valence-electron chi connectivity index (χ3n) is 2.06. The first kappa shape index (κ1) is 8.01. The lowest BCUT2D eigenvalue weighted by molar-refractivity contribution is 0.283. The minimum absolute atomic E-state index is 0.0163. The van der Waals surface area contributed by atoms with Crippen LogP contribution in [0.2, 0.25) is 0 Å². The van der Waals surface area contributed by atoms with E-state index in [-0.39, 0.29) is 6.61 Å². The molecule has 0 amide bonds. The zero-order chi connectivity index (χ0) is 9.26. The average Bonchev–Trinajstić information content (AvgIpc) is 2.18. The molecule has 0 bridgehead atoms. The minimum atomic E-state index is 0.0163. The number of benzene rings is 1. The zero-order valence-electron chi connectivity index (χ0n) is 7.07. The van der Waals surface area contributed by atoms with Gasteiger partial charge >= 0.3 is 0 Å². The van der Waals surface area contributed by atoms with Crippen molar-refractivity contribution in [2.45, 2.75) is 6.61 Å². The summed E-state index contributed by atoms with van der Waals surface area (Å²) < 4.78 is 0. The number of pyridine rings is 1. The number of anilines is 1. The molecule has 0 fully saturated rings. The van der Waals surface area contributed by atoms with Gasteiger partial charge in [-0.1, -0.05) is 12.1 Å². The van der Waals surface area contributed by atoms with Crippen LogP contribution in [0.4, 0.5) is 5.69 Å². The van der Waals surface area contributed by atoms with Gasteiger partial charge in [0, 0.05) is 11.6 Å². The van der Waals surface area contributed by atoms with Gasteiger partial charge < -0.3 is 10.8 Å². The van der Waals surface area contributed by atoms with Crippen molar-refractivity contribution in [3.63, 3.8) is 0 Å². The molecule has 0 saturated carbocycles. The molecule has 0 spiro atoms. The van der Waals surface area contributed by atoms with E-state index in [1.165, 1.54) is 0 Å². The predicted molar refractivity (Wildman–Crippen MR) is 52.1 cm³/mol. The summed E-state index contributed by atoms with van der Waals surface area (Å²) >= 11 is 0. The Morgan fingerprint density at radius 1 is 1.31 bits per heavy atom. The van der Waals surface area contributed by atoms with E-state index in [1.54, 1.807) is 18.3 Å². The van der Waals surface area contributed by atoms with Crippen LogP contribution in [0, 0.1) is 0 Å². The molecule has 0 unspecified atom stereocenters. The molecule has 2 aromatic rings.